The van der Waals surface area contributed by atoms with Gasteiger partial charge in [0, 0.05) is 23.5 Å². The van der Waals surface area contributed by atoms with E-state index in [9.17, 15) is 14.0 Å². The minimum absolute atomic E-state index is 0.0679. The SMILES string of the molecule is COC(=O)[C@H](C(C)C)N1Cc2ccc(-c3ccc(NC(=S)Nc4cccc(F)c4)cc3)cc2C1=O. The van der Waals surface area contributed by atoms with E-state index in [1.54, 1.807) is 17.0 Å². The number of methoxy groups -OCH3 is 1. The topological polar surface area (TPSA) is 70.7 Å². The average Bonchev–Trinajstić information content (AvgIpc) is 3.14. The van der Waals surface area contributed by atoms with Gasteiger partial charge in [0.2, 0.25) is 0 Å². The number of nitrogens with zero attached hydrogens (tertiary/aromatic N) is 1. The van der Waals surface area contributed by atoms with Crippen molar-refractivity contribution in [1.82, 2.24) is 4.90 Å². The molecule has 0 radical (unpaired) electrons. The molecule has 1 amide bonds. The molecular formula is C27H26FN3O3S. The van der Waals surface area contributed by atoms with E-state index >= 15 is 0 Å². The molecule has 35 heavy (non-hydrogen) atoms. The molecule has 3 aromatic carbocycles. The number of hydrogen-bond acceptors (Lipinski definition) is 4. The third-order valence-electron chi connectivity index (χ3n) is 5.91. The third kappa shape index (κ3) is 5.33. The van der Waals surface area contributed by atoms with E-state index < -0.39 is 12.0 Å². The van der Waals surface area contributed by atoms with Gasteiger partial charge in [-0.15, -0.1) is 0 Å². The number of benzene rings is 3. The van der Waals surface area contributed by atoms with Crippen LogP contribution in [0.5, 0.6) is 0 Å². The molecule has 3 aromatic rings. The summed E-state index contributed by atoms with van der Waals surface area (Å²) in [6.45, 7) is 4.18. The lowest BCUT2D eigenvalue weighted by atomic mass is 10.00. The van der Waals surface area contributed by atoms with Crippen molar-refractivity contribution in [2.45, 2.75) is 26.4 Å². The van der Waals surface area contributed by atoms with Crippen LogP contribution in [0, 0.1) is 11.7 Å². The fourth-order valence-corrected chi connectivity index (χ4v) is 4.45. The molecule has 0 saturated heterocycles. The molecule has 0 saturated carbocycles. The Bertz CT molecular complexity index is 1280. The number of hydrogen-bond donors (Lipinski definition) is 2. The number of anilines is 2. The maximum Gasteiger partial charge on any atom is 0.328 e. The molecule has 6 nitrogen and oxygen atoms in total. The zero-order valence-corrected chi connectivity index (χ0v) is 20.5. The molecule has 1 aliphatic rings. The minimum atomic E-state index is -0.626. The molecule has 0 aliphatic carbocycles. The molecule has 1 aliphatic heterocycles. The largest absolute Gasteiger partial charge is 0.467 e. The molecule has 0 bridgehead atoms. The number of esters is 1. The maximum atomic E-state index is 13.4. The summed E-state index contributed by atoms with van der Waals surface area (Å²) in [5.74, 6) is -0.989. The highest BCUT2D eigenvalue weighted by Crippen LogP contribution is 2.32. The third-order valence-corrected chi connectivity index (χ3v) is 6.11. The summed E-state index contributed by atoms with van der Waals surface area (Å²) in [5, 5.41) is 6.37. The van der Waals surface area contributed by atoms with Crippen LogP contribution in [-0.2, 0) is 16.1 Å². The minimum Gasteiger partial charge on any atom is -0.467 e. The predicted octanol–water partition coefficient (Wildman–Crippen LogP) is 5.46. The number of halogens is 1. The number of thiocarbonyl (C=S) groups is 1. The van der Waals surface area contributed by atoms with Crippen molar-refractivity contribution in [3.05, 3.63) is 83.7 Å². The Balaban J connectivity index is 1.47. The summed E-state index contributed by atoms with van der Waals surface area (Å²) in [4.78, 5) is 27.0. The van der Waals surface area contributed by atoms with E-state index in [1.165, 1.54) is 19.2 Å². The highest BCUT2D eigenvalue weighted by Gasteiger charge is 2.38. The Morgan fingerprint density at radius 1 is 1.00 bits per heavy atom. The molecule has 1 atom stereocenters. The van der Waals surface area contributed by atoms with Crippen LogP contribution in [0.4, 0.5) is 15.8 Å². The summed E-state index contributed by atoms with van der Waals surface area (Å²) in [5.41, 5.74) is 4.64. The molecule has 4 rings (SSSR count). The van der Waals surface area contributed by atoms with Crippen LogP contribution < -0.4 is 10.6 Å². The van der Waals surface area contributed by atoms with Crippen LogP contribution in [0.1, 0.15) is 29.8 Å². The summed E-state index contributed by atoms with van der Waals surface area (Å²) in [6.07, 6.45) is 0. The second kappa shape index (κ2) is 10.2. The first-order valence-electron chi connectivity index (χ1n) is 11.2. The number of carbonyl (C=O) groups excluding carboxylic acids is 2. The van der Waals surface area contributed by atoms with Crippen LogP contribution in [0.15, 0.2) is 66.7 Å². The van der Waals surface area contributed by atoms with Crippen molar-refractivity contribution in [2.24, 2.45) is 5.92 Å². The number of amides is 1. The smallest absolute Gasteiger partial charge is 0.328 e. The van der Waals surface area contributed by atoms with Crippen LogP contribution in [0.2, 0.25) is 0 Å². The molecular weight excluding hydrogens is 465 g/mol. The lowest BCUT2D eigenvalue weighted by Crippen LogP contribution is -2.45. The summed E-state index contributed by atoms with van der Waals surface area (Å²) in [6, 6.07) is 18.8. The lowest BCUT2D eigenvalue weighted by Gasteiger charge is -2.28. The van der Waals surface area contributed by atoms with Crippen molar-refractivity contribution in [1.29, 1.82) is 0 Å². The highest BCUT2D eigenvalue weighted by atomic mass is 32.1. The molecule has 0 unspecified atom stereocenters. The maximum absolute atomic E-state index is 13.4. The summed E-state index contributed by atoms with van der Waals surface area (Å²) >= 11 is 5.31. The van der Waals surface area contributed by atoms with E-state index in [1.807, 2.05) is 56.3 Å². The second-order valence-corrected chi connectivity index (χ2v) is 9.09. The van der Waals surface area contributed by atoms with Crippen LogP contribution in [-0.4, -0.2) is 35.0 Å². The molecule has 0 spiro atoms. The van der Waals surface area contributed by atoms with Crippen molar-refractivity contribution in [2.75, 3.05) is 17.7 Å². The first-order chi connectivity index (χ1) is 16.8. The molecule has 0 aromatic heterocycles. The first kappa shape index (κ1) is 24.3. The Labute approximate surface area is 209 Å². The normalized spacial score (nSPS) is 13.4. The highest BCUT2D eigenvalue weighted by molar-refractivity contribution is 7.80. The van der Waals surface area contributed by atoms with Crippen LogP contribution in [0.25, 0.3) is 11.1 Å². The van der Waals surface area contributed by atoms with E-state index in [2.05, 4.69) is 10.6 Å². The Morgan fingerprint density at radius 2 is 1.69 bits per heavy atom. The fourth-order valence-electron chi connectivity index (χ4n) is 4.21. The Hall–Kier alpha value is -3.78. The van der Waals surface area contributed by atoms with Gasteiger partial charge < -0.3 is 20.3 Å². The standard InChI is InChI=1S/C27H26FN3O3S/c1-16(2)24(26(33)34-3)31-15-19-8-7-18(13-23(19)25(31)32)17-9-11-21(12-10-17)29-27(35)30-22-6-4-5-20(28)14-22/h4-14,16,24H,15H2,1-3H3,(H2,29,30,35)/t24-/m0/s1. The number of nitrogens with one attached hydrogen (secondary N) is 2. The summed E-state index contributed by atoms with van der Waals surface area (Å²) < 4.78 is 18.3. The Morgan fingerprint density at radius 3 is 2.34 bits per heavy atom. The molecule has 2 N–H and O–H groups in total. The van der Waals surface area contributed by atoms with Crippen molar-refractivity contribution < 1.29 is 18.7 Å². The first-order valence-corrected chi connectivity index (χ1v) is 11.6. The van der Waals surface area contributed by atoms with Gasteiger partial charge in [0.15, 0.2) is 5.11 Å². The zero-order valence-electron chi connectivity index (χ0n) is 19.7. The van der Waals surface area contributed by atoms with Crippen molar-refractivity contribution in [3.8, 4) is 11.1 Å². The predicted molar refractivity (Wildman–Crippen MR) is 139 cm³/mol. The van der Waals surface area contributed by atoms with E-state index in [0.717, 1.165) is 22.4 Å². The van der Waals surface area contributed by atoms with Gasteiger partial charge in [-0.05, 0) is 71.2 Å². The van der Waals surface area contributed by atoms with Gasteiger partial charge in [-0.1, -0.05) is 44.2 Å². The van der Waals surface area contributed by atoms with Gasteiger partial charge in [0.25, 0.3) is 5.91 Å². The fraction of sp³-hybridized carbons (Fsp3) is 0.222. The Kier molecular flexibility index (Phi) is 7.12. The van der Waals surface area contributed by atoms with Gasteiger partial charge in [0.05, 0.1) is 7.11 Å². The number of ether oxygens (including phenoxy) is 1. The number of carbonyl (C=O) groups is 2. The van der Waals surface area contributed by atoms with Gasteiger partial charge in [0.1, 0.15) is 11.9 Å². The zero-order chi connectivity index (χ0) is 25.1. The van der Waals surface area contributed by atoms with Gasteiger partial charge in [-0.2, -0.15) is 0 Å². The monoisotopic (exact) mass is 491 g/mol. The lowest BCUT2D eigenvalue weighted by molar-refractivity contribution is -0.147. The van der Waals surface area contributed by atoms with Crippen LogP contribution in [0.3, 0.4) is 0 Å². The van der Waals surface area contributed by atoms with Gasteiger partial charge in [-0.25, -0.2) is 9.18 Å². The molecule has 180 valence electrons. The van der Waals surface area contributed by atoms with E-state index in [-0.39, 0.29) is 17.6 Å². The van der Waals surface area contributed by atoms with E-state index in [0.29, 0.717) is 22.9 Å². The molecule has 8 heteroatoms. The molecule has 0 fully saturated rings. The van der Waals surface area contributed by atoms with Crippen molar-refractivity contribution >= 4 is 40.6 Å². The van der Waals surface area contributed by atoms with Gasteiger partial charge in [-0.3, -0.25) is 4.79 Å². The number of fused-ring (bicyclic) bond motifs is 1. The second-order valence-electron chi connectivity index (χ2n) is 8.68. The quantitative estimate of drug-likeness (QED) is 0.353. The van der Waals surface area contributed by atoms with Crippen molar-refractivity contribution in [3.63, 3.8) is 0 Å². The summed E-state index contributed by atoms with van der Waals surface area (Å²) in [7, 11) is 1.34. The van der Waals surface area contributed by atoms with E-state index in [4.69, 9.17) is 17.0 Å². The average molecular weight is 492 g/mol. The number of rotatable bonds is 6. The van der Waals surface area contributed by atoms with Crippen LogP contribution >= 0.6 is 12.2 Å². The molecule has 1 heterocycles. The van der Waals surface area contributed by atoms with Gasteiger partial charge >= 0.3 is 5.97 Å².